The van der Waals surface area contributed by atoms with E-state index in [0.717, 1.165) is 5.22 Å². The quantitative estimate of drug-likeness (QED) is 0.657. The lowest BCUT2D eigenvalue weighted by Crippen LogP contribution is -2.33. The molecule has 0 spiro atoms. The highest BCUT2D eigenvalue weighted by atomic mass is 19.4. The van der Waals surface area contributed by atoms with Crippen LogP contribution in [-0.4, -0.2) is 22.0 Å². The van der Waals surface area contributed by atoms with Crippen molar-refractivity contribution in [3.8, 4) is 5.88 Å². The Labute approximate surface area is 154 Å². The minimum atomic E-state index is -5.22. The third-order valence-electron chi connectivity index (χ3n) is 4.10. The SMILES string of the molecule is Nc1ccc2c(c1)c(C=c1ccc3c(c1)N=NC=3)c(O)n2OC(=O)C(F)(F)F. The Morgan fingerprint density at radius 1 is 1.21 bits per heavy atom. The number of aromatic hydroxyl groups is 1. The molecule has 3 aromatic rings. The van der Waals surface area contributed by atoms with Gasteiger partial charge in [0.25, 0.3) is 0 Å². The van der Waals surface area contributed by atoms with Crippen LogP contribution in [0.15, 0.2) is 46.6 Å². The summed E-state index contributed by atoms with van der Waals surface area (Å²) >= 11 is 0. The fourth-order valence-corrected chi connectivity index (χ4v) is 2.83. The Bertz CT molecular complexity index is 1280. The summed E-state index contributed by atoms with van der Waals surface area (Å²) in [7, 11) is 0. The minimum absolute atomic E-state index is 0.0460. The number of fused-ring (bicyclic) bond motifs is 2. The highest BCUT2D eigenvalue weighted by Crippen LogP contribution is 2.33. The van der Waals surface area contributed by atoms with Crippen LogP contribution in [0.3, 0.4) is 0 Å². The van der Waals surface area contributed by atoms with Crippen LogP contribution < -0.4 is 21.0 Å². The number of benzene rings is 2. The molecule has 0 bridgehead atoms. The number of nitrogens with two attached hydrogens (primary N) is 1. The van der Waals surface area contributed by atoms with E-state index in [0.29, 0.717) is 26.7 Å². The average Bonchev–Trinajstić information content (AvgIpc) is 3.19. The maximum atomic E-state index is 12.6. The number of nitrogens with zero attached hydrogens (tertiary/aromatic N) is 3. The summed E-state index contributed by atoms with van der Waals surface area (Å²) in [6.45, 7) is 0. The van der Waals surface area contributed by atoms with Crippen molar-refractivity contribution < 1.29 is 27.9 Å². The second-order valence-electron chi connectivity index (χ2n) is 5.99. The zero-order chi connectivity index (χ0) is 20.1. The smallest absolute Gasteiger partial charge is 0.492 e. The Kier molecular flexibility index (Phi) is 3.84. The molecule has 0 saturated carbocycles. The molecular weight excluding hydrogens is 377 g/mol. The Morgan fingerprint density at radius 3 is 2.75 bits per heavy atom. The van der Waals surface area contributed by atoms with Crippen LogP contribution in [0.5, 0.6) is 5.88 Å². The van der Waals surface area contributed by atoms with Crippen LogP contribution in [0.4, 0.5) is 24.5 Å². The summed E-state index contributed by atoms with van der Waals surface area (Å²) in [4.78, 5) is 15.6. The average molecular weight is 388 g/mol. The molecule has 0 fully saturated rings. The first-order chi connectivity index (χ1) is 13.2. The van der Waals surface area contributed by atoms with Gasteiger partial charge in [-0.15, -0.1) is 4.73 Å². The van der Waals surface area contributed by atoms with Gasteiger partial charge in [0, 0.05) is 21.9 Å². The number of alkyl halides is 3. The molecule has 2 heterocycles. The lowest BCUT2D eigenvalue weighted by atomic mass is 10.1. The zero-order valence-electron chi connectivity index (χ0n) is 13.9. The maximum absolute atomic E-state index is 12.6. The van der Waals surface area contributed by atoms with Crippen molar-refractivity contribution >= 4 is 40.5 Å². The van der Waals surface area contributed by atoms with Crippen LogP contribution in [0.1, 0.15) is 5.56 Å². The van der Waals surface area contributed by atoms with Crippen molar-refractivity contribution in [3.05, 3.63) is 52.4 Å². The second kappa shape index (κ2) is 6.12. The first kappa shape index (κ1) is 17.6. The van der Waals surface area contributed by atoms with Gasteiger partial charge in [-0.1, -0.05) is 12.1 Å². The van der Waals surface area contributed by atoms with Crippen LogP contribution in [0.2, 0.25) is 0 Å². The molecule has 10 heteroatoms. The second-order valence-corrected chi connectivity index (χ2v) is 5.99. The molecule has 1 aliphatic rings. The van der Waals surface area contributed by atoms with Crippen molar-refractivity contribution in [1.82, 2.24) is 4.73 Å². The predicted octanol–water partition coefficient (Wildman–Crippen LogP) is 2.11. The molecule has 0 radical (unpaired) electrons. The van der Waals surface area contributed by atoms with Gasteiger partial charge in [0.05, 0.1) is 17.4 Å². The molecule has 7 nitrogen and oxygen atoms in total. The monoisotopic (exact) mass is 388 g/mol. The molecule has 0 saturated heterocycles. The summed E-state index contributed by atoms with van der Waals surface area (Å²) in [5.41, 5.74) is 6.88. The summed E-state index contributed by atoms with van der Waals surface area (Å²) in [5.74, 6) is -3.14. The van der Waals surface area contributed by atoms with E-state index in [1.807, 2.05) is 0 Å². The molecule has 1 aromatic heterocycles. The molecule has 3 N–H and O–H groups in total. The number of aromatic nitrogens is 1. The van der Waals surface area contributed by atoms with Crippen LogP contribution in [0.25, 0.3) is 23.2 Å². The van der Waals surface area contributed by atoms with E-state index in [2.05, 4.69) is 15.1 Å². The molecule has 142 valence electrons. The van der Waals surface area contributed by atoms with Crippen LogP contribution >= 0.6 is 0 Å². The van der Waals surface area contributed by atoms with Crippen LogP contribution in [-0.2, 0) is 4.79 Å². The first-order valence-electron chi connectivity index (χ1n) is 7.89. The van der Waals surface area contributed by atoms with Crippen molar-refractivity contribution in [2.75, 3.05) is 5.73 Å². The first-order valence-corrected chi connectivity index (χ1v) is 7.89. The number of hydrogen-bond donors (Lipinski definition) is 2. The lowest BCUT2D eigenvalue weighted by Gasteiger charge is -2.09. The van der Waals surface area contributed by atoms with Crippen LogP contribution in [0, 0.1) is 0 Å². The number of azo groups is 1. The van der Waals surface area contributed by atoms with Gasteiger partial charge in [-0.3, -0.25) is 0 Å². The number of halogens is 3. The Morgan fingerprint density at radius 2 is 2.00 bits per heavy atom. The highest BCUT2D eigenvalue weighted by Gasteiger charge is 2.42. The zero-order valence-corrected chi connectivity index (χ0v) is 13.9. The number of anilines is 1. The maximum Gasteiger partial charge on any atom is 0.493 e. The molecule has 2 aromatic carbocycles. The van der Waals surface area contributed by atoms with Gasteiger partial charge < -0.3 is 15.7 Å². The van der Waals surface area contributed by atoms with Gasteiger partial charge in [0.2, 0.25) is 5.88 Å². The fourth-order valence-electron chi connectivity index (χ4n) is 2.83. The third kappa shape index (κ3) is 2.94. The predicted molar refractivity (Wildman–Crippen MR) is 93.9 cm³/mol. The highest BCUT2D eigenvalue weighted by molar-refractivity contribution is 5.94. The van der Waals surface area contributed by atoms with Gasteiger partial charge in [-0.25, -0.2) is 4.79 Å². The lowest BCUT2D eigenvalue weighted by molar-refractivity contribution is -0.199. The third-order valence-corrected chi connectivity index (χ3v) is 4.10. The van der Waals surface area contributed by atoms with Gasteiger partial charge in [0.1, 0.15) is 0 Å². The minimum Gasteiger partial charge on any atom is -0.492 e. The molecule has 0 amide bonds. The number of rotatable bonds is 2. The van der Waals surface area contributed by atoms with Gasteiger partial charge in [-0.2, -0.15) is 23.4 Å². The molecule has 0 aliphatic carbocycles. The normalized spacial score (nSPS) is 13.6. The Balaban J connectivity index is 1.91. The summed E-state index contributed by atoms with van der Waals surface area (Å²) in [6.07, 6.45) is -2.12. The van der Waals surface area contributed by atoms with Crippen molar-refractivity contribution in [2.24, 2.45) is 10.2 Å². The molecule has 28 heavy (non-hydrogen) atoms. The molecule has 4 rings (SSSR count). The number of nitrogen functional groups attached to an aromatic ring is 1. The van der Waals surface area contributed by atoms with E-state index in [-0.39, 0.29) is 11.1 Å². The van der Waals surface area contributed by atoms with E-state index in [1.165, 1.54) is 24.3 Å². The standard InChI is InChI=1S/C18H11F3N4O3/c19-18(20,21)17(27)28-25-15-4-3-11(22)7-12(15)13(16(25)26)5-9-1-2-10-8-23-24-14(10)6-9/h1-8,26H,22H2. The van der Waals surface area contributed by atoms with Crippen molar-refractivity contribution in [3.63, 3.8) is 0 Å². The number of carbonyl (C=O) groups excluding carboxylic acids is 1. The van der Waals surface area contributed by atoms with Gasteiger partial charge in [-0.05, 0) is 35.6 Å². The van der Waals surface area contributed by atoms with Gasteiger partial charge in [0.15, 0.2) is 0 Å². The van der Waals surface area contributed by atoms with Crippen molar-refractivity contribution in [2.45, 2.75) is 6.18 Å². The van der Waals surface area contributed by atoms with E-state index in [1.54, 1.807) is 24.4 Å². The number of carbonyl (C=O) groups is 1. The van der Waals surface area contributed by atoms with E-state index in [9.17, 15) is 23.1 Å². The molecule has 0 atom stereocenters. The number of hydrogen-bond acceptors (Lipinski definition) is 6. The topological polar surface area (TPSA) is 102 Å². The summed E-state index contributed by atoms with van der Waals surface area (Å²) in [6, 6.07) is 9.39. The Hall–Kier alpha value is -3.82. The molecule has 0 unspecified atom stereocenters. The van der Waals surface area contributed by atoms with Crippen molar-refractivity contribution in [1.29, 1.82) is 0 Å². The summed E-state index contributed by atoms with van der Waals surface area (Å²) < 4.78 is 38.2. The van der Waals surface area contributed by atoms with Gasteiger partial charge >= 0.3 is 12.1 Å². The molecular formula is C18H11F3N4O3. The van der Waals surface area contributed by atoms with E-state index in [4.69, 9.17) is 5.73 Å². The van der Waals surface area contributed by atoms with E-state index >= 15 is 0 Å². The summed E-state index contributed by atoms with van der Waals surface area (Å²) in [5, 5.41) is 19.9. The molecule has 1 aliphatic heterocycles. The largest absolute Gasteiger partial charge is 0.493 e. The fraction of sp³-hybridized carbons (Fsp3) is 0.0556. The van der Waals surface area contributed by atoms with E-state index < -0.39 is 18.0 Å².